The van der Waals surface area contributed by atoms with Gasteiger partial charge in [-0.2, -0.15) is 0 Å². The largest absolute Gasteiger partial charge is 0.374 e. The number of benzene rings is 3. The van der Waals surface area contributed by atoms with E-state index in [0.717, 1.165) is 16.7 Å². The molecule has 4 atom stereocenters. The summed E-state index contributed by atoms with van der Waals surface area (Å²) in [5.74, 6) is -0.704. The number of carbonyl (C=O) groups excluding carboxylic acids is 1. The van der Waals surface area contributed by atoms with E-state index < -0.39 is 44.1 Å². The highest BCUT2D eigenvalue weighted by atomic mass is 31.2. The second kappa shape index (κ2) is 15.1. The molecule has 3 aromatic carbocycles. The maximum Gasteiger partial charge on any atom is 0.331 e. The number of oxime groups is 1. The van der Waals surface area contributed by atoms with Crippen molar-refractivity contribution in [2.45, 2.75) is 51.2 Å². The van der Waals surface area contributed by atoms with Crippen molar-refractivity contribution >= 4 is 19.3 Å². The molecule has 0 aromatic heterocycles. The summed E-state index contributed by atoms with van der Waals surface area (Å²) < 4.78 is 37.0. The molecular weight excluding hydrogens is 549 g/mol. The first kappa shape index (κ1) is 30.7. The summed E-state index contributed by atoms with van der Waals surface area (Å²) in [5, 5.41) is 3.96. The molecule has 11 heteroatoms. The molecule has 218 valence electrons. The fraction of sp³-hybridized carbons (Fsp3) is 0.333. The Kier molecular flexibility index (Phi) is 11.4. The van der Waals surface area contributed by atoms with Gasteiger partial charge in [-0.05, 0) is 16.7 Å². The molecule has 1 saturated heterocycles. The van der Waals surface area contributed by atoms with Gasteiger partial charge >= 0.3 is 13.6 Å². The molecule has 41 heavy (non-hydrogen) atoms. The van der Waals surface area contributed by atoms with Gasteiger partial charge in [0.15, 0.2) is 0 Å². The van der Waals surface area contributed by atoms with Gasteiger partial charge in [-0.15, -0.1) is 0 Å². The van der Waals surface area contributed by atoms with E-state index in [2.05, 4.69) is 5.16 Å². The summed E-state index contributed by atoms with van der Waals surface area (Å²) >= 11 is 0. The summed E-state index contributed by atoms with van der Waals surface area (Å²) in [5.41, 5.74) is 2.72. The Labute approximate surface area is 239 Å². The van der Waals surface area contributed by atoms with Crippen LogP contribution in [0.25, 0.3) is 0 Å². The predicted molar refractivity (Wildman–Crippen MR) is 151 cm³/mol. The van der Waals surface area contributed by atoms with E-state index in [9.17, 15) is 19.1 Å². The number of nitrogens with zero attached hydrogens (tertiary/aromatic N) is 1. The fourth-order valence-corrected chi connectivity index (χ4v) is 5.09. The first-order valence-electron chi connectivity index (χ1n) is 13.2. The minimum absolute atomic E-state index is 0.0110. The Balaban J connectivity index is 1.66. The zero-order chi connectivity index (χ0) is 29.1. The minimum Gasteiger partial charge on any atom is -0.374 e. The zero-order valence-corrected chi connectivity index (χ0v) is 23.5. The standard InChI is InChI=1S/C30H34NO9P/c1-22(32)40-31-28-27(21-41(33,34)35)39-26(20-36-17-23-11-5-2-6-12-23)29(37-18-24-13-7-3-8-14-24)30(28)38-19-25-15-9-4-10-16-25/h2-16,26-27,29-30H,17-21H2,1H3,(H2,33,34,35)/t26-,27-,29-,30-/m1/s1. The lowest BCUT2D eigenvalue weighted by Crippen LogP contribution is -2.59. The molecule has 4 rings (SSSR count). The van der Waals surface area contributed by atoms with Crippen molar-refractivity contribution in [2.24, 2.45) is 5.16 Å². The Morgan fingerprint density at radius 1 is 0.829 bits per heavy atom. The van der Waals surface area contributed by atoms with Crippen LogP contribution >= 0.6 is 7.60 Å². The molecule has 1 fully saturated rings. The van der Waals surface area contributed by atoms with Gasteiger partial charge < -0.3 is 33.6 Å². The second-order valence-corrected chi connectivity index (χ2v) is 11.3. The molecule has 1 heterocycles. The van der Waals surface area contributed by atoms with Gasteiger partial charge in [0.25, 0.3) is 0 Å². The van der Waals surface area contributed by atoms with Crippen molar-refractivity contribution in [3.8, 4) is 0 Å². The zero-order valence-electron chi connectivity index (χ0n) is 22.7. The highest BCUT2D eigenvalue weighted by molar-refractivity contribution is 7.51. The lowest BCUT2D eigenvalue weighted by atomic mass is 9.95. The van der Waals surface area contributed by atoms with Crippen LogP contribution in [-0.4, -0.2) is 58.7 Å². The predicted octanol–water partition coefficient (Wildman–Crippen LogP) is 4.24. The fourth-order valence-electron chi connectivity index (χ4n) is 4.39. The summed E-state index contributed by atoms with van der Waals surface area (Å²) in [6.45, 7) is 1.84. The number of ether oxygens (including phenoxy) is 4. The molecule has 2 N–H and O–H groups in total. The van der Waals surface area contributed by atoms with Crippen molar-refractivity contribution in [3.05, 3.63) is 108 Å². The molecule has 0 spiro atoms. The lowest BCUT2D eigenvalue weighted by molar-refractivity contribution is -0.174. The third-order valence-electron chi connectivity index (χ3n) is 6.26. The number of hydrogen-bond donors (Lipinski definition) is 2. The van der Waals surface area contributed by atoms with Crippen LogP contribution in [0.3, 0.4) is 0 Å². The van der Waals surface area contributed by atoms with Gasteiger partial charge in [0.1, 0.15) is 30.1 Å². The molecule has 0 bridgehead atoms. The highest BCUT2D eigenvalue weighted by Gasteiger charge is 2.47. The monoisotopic (exact) mass is 583 g/mol. The van der Waals surface area contributed by atoms with Gasteiger partial charge in [0, 0.05) is 6.92 Å². The second-order valence-electron chi connectivity index (χ2n) is 9.59. The molecular formula is C30H34NO9P. The normalized spacial score (nSPS) is 22.0. The summed E-state index contributed by atoms with van der Waals surface area (Å²) in [6, 6.07) is 28.5. The van der Waals surface area contributed by atoms with Crippen LogP contribution in [0.4, 0.5) is 0 Å². The highest BCUT2D eigenvalue weighted by Crippen LogP contribution is 2.39. The van der Waals surface area contributed by atoms with Gasteiger partial charge in [0.2, 0.25) is 0 Å². The van der Waals surface area contributed by atoms with Crippen LogP contribution in [0.15, 0.2) is 96.2 Å². The number of rotatable bonds is 13. The maximum atomic E-state index is 12.1. The van der Waals surface area contributed by atoms with Gasteiger partial charge in [0.05, 0.1) is 32.6 Å². The van der Waals surface area contributed by atoms with E-state index in [0.29, 0.717) is 6.61 Å². The van der Waals surface area contributed by atoms with Crippen molar-refractivity contribution < 1.29 is 42.9 Å². The molecule has 3 aromatic rings. The van der Waals surface area contributed by atoms with Crippen LogP contribution in [0, 0.1) is 0 Å². The minimum atomic E-state index is -4.59. The molecule has 1 aliphatic rings. The van der Waals surface area contributed by atoms with E-state index in [1.54, 1.807) is 0 Å². The first-order chi connectivity index (χ1) is 19.8. The molecule has 1 aliphatic heterocycles. The van der Waals surface area contributed by atoms with Crippen LogP contribution in [-0.2, 0) is 53.0 Å². The van der Waals surface area contributed by atoms with E-state index in [-0.39, 0.29) is 25.5 Å². The van der Waals surface area contributed by atoms with Crippen LogP contribution < -0.4 is 0 Å². The van der Waals surface area contributed by atoms with Gasteiger partial charge in [-0.1, -0.05) is 96.2 Å². The van der Waals surface area contributed by atoms with Crippen LogP contribution in [0.1, 0.15) is 23.6 Å². The maximum absolute atomic E-state index is 12.1. The SMILES string of the molecule is CC(=O)ON=C1[C@@H](OCc2ccccc2)[C@H](OCc2ccccc2)[C@@H](COCc2ccccc2)O[C@@H]1CP(=O)(O)O. The topological polar surface area (TPSA) is 133 Å². The lowest BCUT2D eigenvalue weighted by Gasteiger charge is -2.42. The van der Waals surface area contributed by atoms with E-state index in [1.807, 2.05) is 91.0 Å². The smallest absolute Gasteiger partial charge is 0.331 e. The quantitative estimate of drug-likeness (QED) is 0.172. The van der Waals surface area contributed by atoms with Crippen molar-refractivity contribution in [2.75, 3.05) is 12.8 Å². The molecule has 0 aliphatic carbocycles. The average Bonchev–Trinajstić information content (AvgIpc) is 2.95. The Morgan fingerprint density at radius 3 is 1.85 bits per heavy atom. The van der Waals surface area contributed by atoms with Crippen LogP contribution in [0.2, 0.25) is 0 Å². The molecule has 0 saturated carbocycles. The Morgan fingerprint density at radius 2 is 1.34 bits per heavy atom. The van der Waals surface area contributed by atoms with Crippen LogP contribution in [0.5, 0.6) is 0 Å². The van der Waals surface area contributed by atoms with Gasteiger partial charge in [-0.25, -0.2) is 4.79 Å². The molecule has 0 radical (unpaired) electrons. The Bertz CT molecular complexity index is 1300. The van der Waals surface area contributed by atoms with Crippen molar-refractivity contribution in [1.82, 2.24) is 0 Å². The van der Waals surface area contributed by atoms with E-state index in [1.165, 1.54) is 6.92 Å². The molecule has 10 nitrogen and oxygen atoms in total. The van der Waals surface area contributed by atoms with Crippen molar-refractivity contribution in [1.29, 1.82) is 0 Å². The summed E-state index contributed by atoms with van der Waals surface area (Å²) in [7, 11) is -4.59. The van der Waals surface area contributed by atoms with E-state index >= 15 is 0 Å². The average molecular weight is 584 g/mol. The number of hydrogen-bond acceptors (Lipinski definition) is 8. The molecule has 0 unspecified atom stereocenters. The van der Waals surface area contributed by atoms with E-state index in [4.69, 9.17) is 23.8 Å². The summed E-state index contributed by atoms with van der Waals surface area (Å²) in [6.07, 6.45) is -4.52. The van der Waals surface area contributed by atoms with Crippen molar-refractivity contribution in [3.63, 3.8) is 0 Å². The third kappa shape index (κ3) is 9.98. The van der Waals surface area contributed by atoms with Gasteiger partial charge in [-0.3, -0.25) is 4.57 Å². The first-order valence-corrected chi connectivity index (χ1v) is 15.0. The Hall–Kier alpha value is -3.21. The number of carbonyl (C=O) groups is 1. The molecule has 0 amide bonds. The summed E-state index contributed by atoms with van der Waals surface area (Å²) in [4.78, 5) is 36.3. The third-order valence-corrected chi connectivity index (χ3v) is 7.07.